The fourth-order valence-corrected chi connectivity index (χ4v) is 1.62. The van der Waals surface area contributed by atoms with Crippen LogP contribution in [0.1, 0.15) is 17.9 Å². The van der Waals surface area contributed by atoms with E-state index in [0.29, 0.717) is 0 Å². The molecule has 0 saturated heterocycles. The summed E-state index contributed by atoms with van der Waals surface area (Å²) in [5.74, 6) is -2.65. The molecule has 1 aromatic rings. The lowest BCUT2D eigenvalue weighted by molar-refractivity contribution is -0.140. The van der Waals surface area contributed by atoms with Gasteiger partial charge in [-0.25, -0.2) is 0 Å². The Labute approximate surface area is 89.7 Å². The number of nitrogens with two attached hydrogens (primary N) is 2. The van der Waals surface area contributed by atoms with Crippen LogP contribution in [0.5, 0.6) is 0 Å². The quantitative estimate of drug-likeness (QED) is 0.485. The number of carbonyl (C=O) groups excluding carboxylic acids is 1. The summed E-state index contributed by atoms with van der Waals surface area (Å²) in [5, 5.41) is 11.4. The van der Waals surface area contributed by atoms with Crippen molar-refractivity contribution in [3.05, 3.63) is 5.56 Å². The normalized spacial score (nSPS) is 18.8. The minimum absolute atomic E-state index is 0.0186. The third kappa shape index (κ3) is 1.49. The standard InChI is InChI=1S/C8H9N5O3/c9-5-4-2(7(15)16)1-3(14)11-6(4)13-8(10)12-5/h2H,1H2,(H,15,16)(H5,9,10,11,12,13,14)/t2-/m0/s1. The zero-order valence-electron chi connectivity index (χ0n) is 8.10. The molecule has 0 saturated carbocycles. The maximum Gasteiger partial charge on any atom is 0.311 e. The summed E-state index contributed by atoms with van der Waals surface area (Å²) in [6, 6.07) is 0. The second-order valence-corrected chi connectivity index (χ2v) is 3.37. The highest BCUT2D eigenvalue weighted by atomic mass is 16.4. The van der Waals surface area contributed by atoms with Crippen LogP contribution in [0.4, 0.5) is 17.6 Å². The van der Waals surface area contributed by atoms with Gasteiger partial charge in [0.2, 0.25) is 11.9 Å². The van der Waals surface area contributed by atoms with Crippen molar-refractivity contribution < 1.29 is 14.7 Å². The maximum absolute atomic E-state index is 11.2. The summed E-state index contributed by atoms with van der Waals surface area (Å²) in [5.41, 5.74) is 11.1. The van der Waals surface area contributed by atoms with Crippen molar-refractivity contribution in [2.24, 2.45) is 0 Å². The number of carboxylic acid groups (broad SMARTS) is 1. The summed E-state index contributed by atoms with van der Waals surface area (Å²) in [6.45, 7) is 0. The molecule has 0 aromatic carbocycles. The fourth-order valence-electron chi connectivity index (χ4n) is 1.62. The number of amides is 1. The first-order valence-corrected chi connectivity index (χ1v) is 4.44. The van der Waals surface area contributed by atoms with E-state index >= 15 is 0 Å². The first-order chi connectivity index (χ1) is 7.49. The van der Waals surface area contributed by atoms with E-state index < -0.39 is 17.8 Å². The molecule has 0 bridgehead atoms. The monoisotopic (exact) mass is 223 g/mol. The molecule has 8 nitrogen and oxygen atoms in total. The van der Waals surface area contributed by atoms with Gasteiger partial charge < -0.3 is 21.9 Å². The van der Waals surface area contributed by atoms with E-state index in [1.807, 2.05) is 0 Å². The van der Waals surface area contributed by atoms with Crippen LogP contribution >= 0.6 is 0 Å². The molecule has 8 heteroatoms. The van der Waals surface area contributed by atoms with E-state index in [4.69, 9.17) is 16.6 Å². The van der Waals surface area contributed by atoms with Crippen LogP contribution in [-0.2, 0) is 9.59 Å². The van der Waals surface area contributed by atoms with E-state index in [-0.39, 0.29) is 29.6 Å². The summed E-state index contributed by atoms with van der Waals surface area (Å²) >= 11 is 0. The van der Waals surface area contributed by atoms with Gasteiger partial charge in [-0.1, -0.05) is 0 Å². The Kier molecular flexibility index (Phi) is 2.11. The number of hydrogen-bond acceptors (Lipinski definition) is 6. The minimum Gasteiger partial charge on any atom is -0.481 e. The molecular formula is C8H9N5O3. The molecule has 0 fully saturated rings. The van der Waals surface area contributed by atoms with Gasteiger partial charge in [-0.2, -0.15) is 9.97 Å². The largest absolute Gasteiger partial charge is 0.481 e. The highest BCUT2D eigenvalue weighted by molar-refractivity contribution is 6.00. The van der Waals surface area contributed by atoms with E-state index in [1.54, 1.807) is 0 Å². The van der Waals surface area contributed by atoms with Gasteiger partial charge in [0.25, 0.3) is 0 Å². The van der Waals surface area contributed by atoms with Crippen LogP contribution in [0, 0.1) is 0 Å². The molecule has 2 heterocycles. The number of anilines is 3. The third-order valence-electron chi connectivity index (χ3n) is 2.29. The summed E-state index contributed by atoms with van der Waals surface area (Å²) in [7, 11) is 0. The highest BCUT2D eigenvalue weighted by Crippen LogP contribution is 2.34. The highest BCUT2D eigenvalue weighted by Gasteiger charge is 2.34. The zero-order chi connectivity index (χ0) is 11.9. The van der Waals surface area contributed by atoms with Gasteiger partial charge in [0.05, 0.1) is 11.5 Å². The molecule has 1 aromatic heterocycles. The lowest BCUT2D eigenvalue weighted by atomic mass is 9.93. The van der Waals surface area contributed by atoms with Gasteiger partial charge in [-0.3, -0.25) is 9.59 Å². The number of fused-ring (bicyclic) bond motifs is 1. The number of nitrogens with zero attached hydrogens (tertiary/aromatic N) is 2. The topological polar surface area (TPSA) is 144 Å². The average Bonchev–Trinajstić information content (AvgIpc) is 2.14. The van der Waals surface area contributed by atoms with E-state index in [2.05, 4.69) is 15.3 Å². The van der Waals surface area contributed by atoms with Crippen molar-refractivity contribution in [1.82, 2.24) is 9.97 Å². The van der Waals surface area contributed by atoms with Gasteiger partial charge >= 0.3 is 5.97 Å². The number of carbonyl (C=O) groups is 2. The second-order valence-electron chi connectivity index (χ2n) is 3.37. The van der Waals surface area contributed by atoms with Crippen molar-refractivity contribution in [3.8, 4) is 0 Å². The van der Waals surface area contributed by atoms with Crippen LogP contribution in [0.25, 0.3) is 0 Å². The van der Waals surface area contributed by atoms with E-state index in [9.17, 15) is 9.59 Å². The number of aromatic nitrogens is 2. The summed E-state index contributed by atoms with van der Waals surface area (Å²) in [6.07, 6.45) is -0.181. The molecule has 1 aliphatic rings. The SMILES string of the molecule is Nc1nc(N)c2c(n1)NC(=O)C[C@@H]2C(=O)O. The van der Waals surface area contributed by atoms with Gasteiger partial charge in [-0.05, 0) is 0 Å². The molecule has 1 amide bonds. The van der Waals surface area contributed by atoms with Crippen molar-refractivity contribution in [2.75, 3.05) is 16.8 Å². The molecule has 2 rings (SSSR count). The van der Waals surface area contributed by atoms with Crippen LogP contribution in [0.15, 0.2) is 0 Å². The van der Waals surface area contributed by atoms with Crippen molar-refractivity contribution in [2.45, 2.75) is 12.3 Å². The molecule has 0 aliphatic carbocycles. The number of nitrogens with one attached hydrogen (secondary N) is 1. The second kappa shape index (κ2) is 3.33. The number of carboxylic acids is 1. The van der Waals surface area contributed by atoms with Crippen molar-refractivity contribution in [3.63, 3.8) is 0 Å². The van der Waals surface area contributed by atoms with Crippen LogP contribution < -0.4 is 16.8 Å². The molecule has 0 spiro atoms. The van der Waals surface area contributed by atoms with Crippen LogP contribution in [-0.4, -0.2) is 27.0 Å². The molecule has 1 aliphatic heterocycles. The molecule has 16 heavy (non-hydrogen) atoms. The van der Waals surface area contributed by atoms with E-state index in [0.717, 1.165) is 0 Å². The molecule has 6 N–H and O–H groups in total. The smallest absolute Gasteiger partial charge is 0.311 e. The Morgan fingerprint density at radius 1 is 1.44 bits per heavy atom. The van der Waals surface area contributed by atoms with Gasteiger partial charge in [0.1, 0.15) is 11.6 Å². The Bertz CT molecular complexity index is 487. The van der Waals surface area contributed by atoms with Crippen LogP contribution in [0.3, 0.4) is 0 Å². The molecular weight excluding hydrogens is 214 g/mol. The first kappa shape index (κ1) is 10.1. The van der Waals surface area contributed by atoms with Crippen molar-refractivity contribution >= 4 is 29.5 Å². The van der Waals surface area contributed by atoms with Crippen molar-refractivity contribution in [1.29, 1.82) is 0 Å². The van der Waals surface area contributed by atoms with Gasteiger partial charge in [0.15, 0.2) is 0 Å². The lowest BCUT2D eigenvalue weighted by Crippen LogP contribution is -2.29. The maximum atomic E-state index is 11.2. The number of aliphatic carboxylic acids is 1. The molecule has 0 unspecified atom stereocenters. The first-order valence-electron chi connectivity index (χ1n) is 4.44. The predicted octanol–water partition coefficient (Wildman–Crippen LogP) is -0.849. The van der Waals surface area contributed by atoms with Gasteiger partial charge in [-0.15, -0.1) is 0 Å². The molecule has 0 radical (unpaired) electrons. The lowest BCUT2D eigenvalue weighted by Gasteiger charge is -2.22. The predicted molar refractivity (Wildman–Crippen MR) is 54.5 cm³/mol. The summed E-state index contributed by atoms with van der Waals surface area (Å²) < 4.78 is 0. The zero-order valence-corrected chi connectivity index (χ0v) is 8.10. The Morgan fingerprint density at radius 2 is 2.12 bits per heavy atom. The van der Waals surface area contributed by atoms with Crippen LogP contribution in [0.2, 0.25) is 0 Å². The number of nitrogen functional groups attached to an aromatic ring is 2. The Morgan fingerprint density at radius 3 is 2.75 bits per heavy atom. The summed E-state index contributed by atoms with van der Waals surface area (Å²) in [4.78, 5) is 29.6. The third-order valence-corrected chi connectivity index (χ3v) is 2.29. The number of hydrogen-bond donors (Lipinski definition) is 4. The van der Waals surface area contributed by atoms with Gasteiger partial charge in [0, 0.05) is 6.42 Å². The van der Waals surface area contributed by atoms with E-state index in [1.165, 1.54) is 0 Å². The Hall–Kier alpha value is -2.38. The fraction of sp³-hybridized carbons (Fsp3) is 0.250. The average molecular weight is 223 g/mol. The Balaban J connectivity index is 2.61. The molecule has 1 atom stereocenters. The number of rotatable bonds is 1. The minimum atomic E-state index is -1.14. The molecule has 84 valence electrons.